The van der Waals surface area contributed by atoms with Gasteiger partial charge in [-0.15, -0.1) is 24.8 Å². The van der Waals surface area contributed by atoms with Crippen LogP contribution >= 0.6 is 24.8 Å². The van der Waals surface area contributed by atoms with Crippen molar-refractivity contribution >= 4 is 24.8 Å². The second-order valence-corrected chi connectivity index (χ2v) is 3.55. The molecule has 16 heavy (non-hydrogen) atoms. The Morgan fingerprint density at radius 1 is 1.25 bits per heavy atom. The highest BCUT2D eigenvalue weighted by Crippen LogP contribution is 2.01. The summed E-state index contributed by atoms with van der Waals surface area (Å²) in [5.41, 5.74) is 1.30. The van der Waals surface area contributed by atoms with Crippen LogP contribution in [0, 0.1) is 0 Å². The van der Waals surface area contributed by atoms with E-state index in [1.807, 2.05) is 19.3 Å². The molecule has 3 nitrogen and oxygen atoms in total. The normalized spacial score (nSPS) is 9.12. The van der Waals surface area contributed by atoms with Crippen molar-refractivity contribution in [3.05, 3.63) is 34.2 Å². The number of aryl methyl sites for hydroxylation is 2. The highest BCUT2D eigenvalue weighted by Gasteiger charge is 1.95. The molecule has 0 aliphatic rings. The maximum atomic E-state index is 11.1. The van der Waals surface area contributed by atoms with E-state index in [1.54, 1.807) is 17.7 Å². The topological polar surface area (TPSA) is 34.0 Å². The van der Waals surface area contributed by atoms with Gasteiger partial charge in [0.25, 0.3) is 0 Å². The van der Waals surface area contributed by atoms with E-state index in [2.05, 4.69) is 5.32 Å². The van der Waals surface area contributed by atoms with Crippen molar-refractivity contribution in [3.63, 3.8) is 0 Å². The van der Waals surface area contributed by atoms with Gasteiger partial charge in [-0.1, -0.05) is 6.07 Å². The average molecular weight is 267 g/mol. The van der Waals surface area contributed by atoms with E-state index >= 15 is 0 Å². The van der Waals surface area contributed by atoms with Crippen molar-refractivity contribution in [2.75, 3.05) is 13.6 Å². The lowest BCUT2D eigenvalue weighted by Crippen LogP contribution is -2.15. The molecule has 0 saturated heterocycles. The lowest BCUT2D eigenvalue weighted by molar-refractivity contribution is 0.673. The van der Waals surface area contributed by atoms with Gasteiger partial charge < -0.3 is 9.88 Å². The van der Waals surface area contributed by atoms with Gasteiger partial charge in [-0.25, -0.2) is 0 Å². The molecule has 0 aromatic carbocycles. The largest absolute Gasteiger partial charge is 0.320 e. The van der Waals surface area contributed by atoms with Gasteiger partial charge in [0.05, 0.1) is 0 Å². The number of nitrogens with one attached hydrogen (secondary N) is 1. The predicted molar refractivity (Wildman–Crippen MR) is 73.0 cm³/mol. The van der Waals surface area contributed by atoms with Gasteiger partial charge in [0.2, 0.25) is 5.56 Å². The summed E-state index contributed by atoms with van der Waals surface area (Å²) < 4.78 is 1.63. The summed E-state index contributed by atoms with van der Waals surface area (Å²) in [4.78, 5) is 11.1. The summed E-state index contributed by atoms with van der Waals surface area (Å²) in [7, 11) is 3.76. The van der Waals surface area contributed by atoms with Crippen LogP contribution < -0.4 is 10.9 Å². The second kappa shape index (κ2) is 9.70. The fourth-order valence-corrected chi connectivity index (χ4v) is 1.43. The van der Waals surface area contributed by atoms with E-state index in [0.29, 0.717) is 0 Å². The highest BCUT2D eigenvalue weighted by atomic mass is 35.5. The molecule has 0 aliphatic heterocycles. The van der Waals surface area contributed by atoms with Crippen LogP contribution in [-0.2, 0) is 13.5 Å². The number of rotatable bonds is 5. The molecular weight excluding hydrogens is 247 g/mol. The van der Waals surface area contributed by atoms with E-state index in [-0.39, 0.29) is 30.4 Å². The number of unbranched alkanes of at least 4 members (excludes halogenated alkanes) is 1. The predicted octanol–water partition coefficient (Wildman–Crippen LogP) is 1.77. The fraction of sp³-hybridized carbons (Fsp3) is 0.545. The molecule has 0 aliphatic carbocycles. The van der Waals surface area contributed by atoms with E-state index in [4.69, 9.17) is 0 Å². The van der Waals surface area contributed by atoms with Crippen LogP contribution in [0.5, 0.6) is 0 Å². The minimum atomic E-state index is 0. The molecule has 0 saturated carbocycles. The summed E-state index contributed by atoms with van der Waals surface area (Å²) in [6, 6.07) is 3.55. The Morgan fingerprint density at radius 2 is 1.94 bits per heavy atom. The quantitative estimate of drug-likeness (QED) is 0.825. The van der Waals surface area contributed by atoms with Gasteiger partial charge in [0.15, 0.2) is 0 Å². The van der Waals surface area contributed by atoms with Crippen LogP contribution in [-0.4, -0.2) is 18.2 Å². The lowest BCUT2D eigenvalue weighted by Gasteiger charge is -2.03. The first kappa shape index (κ1) is 17.9. The second-order valence-electron chi connectivity index (χ2n) is 3.55. The maximum Gasteiger partial charge on any atom is 0.250 e. The fourth-order valence-electron chi connectivity index (χ4n) is 1.43. The molecule has 1 heterocycles. The van der Waals surface area contributed by atoms with Crippen LogP contribution in [0.3, 0.4) is 0 Å². The summed E-state index contributed by atoms with van der Waals surface area (Å²) in [6.45, 7) is 1.06. The Balaban J connectivity index is 0. The molecule has 1 N–H and O–H groups in total. The van der Waals surface area contributed by atoms with Gasteiger partial charge in [-0.3, -0.25) is 4.79 Å². The highest BCUT2D eigenvalue weighted by molar-refractivity contribution is 5.85. The van der Waals surface area contributed by atoms with E-state index in [9.17, 15) is 4.79 Å². The standard InChI is InChI=1S/C11H18N2O.2ClH/c1-12-8-4-3-5-10-6-7-11(14)13(2)9-10;;/h6-7,9,12H,3-5,8H2,1-2H3;2*1H. The Kier molecular flexibility index (Phi) is 10.8. The smallest absolute Gasteiger partial charge is 0.250 e. The zero-order valence-corrected chi connectivity index (χ0v) is 11.4. The van der Waals surface area contributed by atoms with E-state index in [0.717, 1.165) is 13.0 Å². The van der Waals surface area contributed by atoms with Crippen molar-refractivity contribution in [3.8, 4) is 0 Å². The number of pyridine rings is 1. The Bertz CT molecular complexity index is 339. The number of hydrogen-bond donors (Lipinski definition) is 1. The first-order valence-electron chi connectivity index (χ1n) is 5.04. The van der Waals surface area contributed by atoms with Crippen LogP contribution in [0.15, 0.2) is 23.1 Å². The molecule has 5 heteroatoms. The minimum Gasteiger partial charge on any atom is -0.320 e. The molecule has 1 aromatic rings. The number of hydrogen-bond acceptors (Lipinski definition) is 2. The minimum absolute atomic E-state index is 0. The molecule has 0 unspecified atom stereocenters. The number of aromatic nitrogens is 1. The molecule has 0 fully saturated rings. The van der Waals surface area contributed by atoms with E-state index < -0.39 is 0 Å². The van der Waals surface area contributed by atoms with Crippen LogP contribution in [0.25, 0.3) is 0 Å². The Morgan fingerprint density at radius 3 is 2.50 bits per heavy atom. The Hall–Kier alpha value is -0.510. The molecule has 1 aromatic heterocycles. The lowest BCUT2D eigenvalue weighted by atomic mass is 10.1. The third-order valence-electron chi connectivity index (χ3n) is 2.29. The molecular formula is C11H20Cl2N2O. The van der Waals surface area contributed by atoms with Gasteiger partial charge in [-0.2, -0.15) is 0 Å². The SMILES string of the molecule is CNCCCCc1ccc(=O)n(C)c1.Cl.Cl. The third-order valence-corrected chi connectivity index (χ3v) is 2.29. The summed E-state index contributed by atoms with van der Waals surface area (Å²) >= 11 is 0. The summed E-state index contributed by atoms with van der Waals surface area (Å²) in [5, 5.41) is 3.12. The van der Waals surface area contributed by atoms with Gasteiger partial charge >= 0.3 is 0 Å². The third kappa shape index (κ3) is 6.16. The van der Waals surface area contributed by atoms with Gasteiger partial charge in [0, 0.05) is 19.3 Å². The van der Waals surface area contributed by atoms with Crippen LogP contribution in [0.2, 0.25) is 0 Å². The molecule has 0 atom stereocenters. The maximum absolute atomic E-state index is 11.1. The zero-order valence-electron chi connectivity index (χ0n) is 9.73. The van der Waals surface area contributed by atoms with Gasteiger partial charge in [-0.05, 0) is 38.4 Å². The zero-order chi connectivity index (χ0) is 10.4. The molecule has 0 radical (unpaired) electrons. The van der Waals surface area contributed by atoms with Crippen molar-refractivity contribution in [1.82, 2.24) is 9.88 Å². The van der Waals surface area contributed by atoms with Crippen LogP contribution in [0.4, 0.5) is 0 Å². The first-order chi connectivity index (χ1) is 6.74. The Labute approximate surface area is 109 Å². The van der Waals surface area contributed by atoms with E-state index in [1.165, 1.54) is 18.4 Å². The molecule has 94 valence electrons. The van der Waals surface area contributed by atoms with Crippen LogP contribution in [0.1, 0.15) is 18.4 Å². The van der Waals surface area contributed by atoms with Crippen molar-refractivity contribution < 1.29 is 0 Å². The molecule has 1 rings (SSSR count). The first-order valence-corrected chi connectivity index (χ1v) is 5.04. The van der Waals surface area contributed by atoms with Crippen molar-refractivity contribution in [2.45, 2.75) is 19.3 Å². The number of nitrogens with zero attached hydrogens (tertiary/aromatic N) is 1. The molecule has 0 spiro atoms. The summed E-state index contributed by atoms with van der Waals surface area (Å²) in [5.74, 6) is 0. The van der Waals surface area contributed by atoms with Gasteiger partial charge in [0.1, 0.15) is 0 Å². The summed E-state index contributed by atoms with van der Waals surface area (Å²) in [6.07, 6.45) is 5.32. The van der Waals surface area contributed by atoms with Crippen molar-refractivity contribution in [2.24, 2.45) is 7.05 Å². The monoisotopic (exact) mass is 266 g/mol. The molecule has 0 bridgehead atoms. The molecule has 0 amide bonds. The number of halogens is 2. The average Bonchev–Trinajstić information content (AvgIpc) is 2.18. The van der Waals surface area contributed by atoms with Crippen molar-refractivity contribution in [1.29, 1.82) is 0 Å².